The van der Waals surface area contributed by atoms with Gasteiger partial charge in [-0.15, -0.1) is 0 Å². The summed E-state index contributed by atoms with van der Waals surface area (Å²) in [6.45, 7) is 0.266. The first kappa shape index (κ1) is 16.2. The Balaban J connectivity index is 2.19. The third-order valence-electron chi connectivity index (χ3n) is 3.28. The number of aromatic nitrogens is 2. The van der Waals surface area contributed by atoms with Gasteiger partial charge in [-0.1, -0.05) is 0 Å². The predicted octanol–water partition coefficient (Wildman–Crippen LogP) is -1.34. The number of anilines is 1. The number of nitrogens with zero attached hydrogens (tertiary/aromatic N) is 2. The number of hydrogen-bond acceptors (Lipinski definition) is 8. The molecule has 0 aliphatic carbocycles. The number of aliphatic hydroxyl groups excluding tert-OH is 2. The molecular weight excluding hydrogens is 296 g/mol. The molecule has 1 aromatic rings. The highest BCUT2D eigenvalue weighted by atomic mass is 32.2. The summed E-state index contributed by atoms with van der Waals surface area (Å²) in [7, 11) is 0. The predicted molar refractivity (Wildman–Crippen MR) is 79.7 cm³/mol. The van der Waals surface area contributed by atoms with E-state index in [9.17, 15) is 9.90 Å². The molecule has 1 fully saturated rings. The smallest absolute Gasteiger partial charge is 0.351 e. The highest BCUT2D eigenvalue weighted by molar-refractivity contribution is 7.98. The highest BCUT2D eigenvalue weighted by Crippen LogP contribution is 2.28. The Morgan fingerprint density at radius 1 is 1.57 bits per heavy atom. The lowest BCUT2D eigenvalue weighted by molar-refractivity contribution is -0.0459. The Morgan fingerprint density at radius 3 is 2.95 bits per heavy atom. The maximum Gasteiger partial charge on any atom is 0.351 e. The molecule has 0 bridgehead atoms. The van der Waals surface area contributed by atoms with Crippen molar-refractivity contribution in [2.75, 3.05) is 24.6 Å². The summed E-state index contributed by atoms with van der Waals surface area (Å²) in [4.78, 5) is 15.7. The molecule has 2 heterocycles. The molecule has 0 radical (unpaired) electrons. The van der Waals surface area contributed by atoms with Crippen LogP contribution in [0.5, 0.6) is 0 Å². The van der Waals surface area contributed by atoms with Crippen molar-refractivity contribution in [3.8, 4) is 0 Å². The van der Waals surface area contributed by atoms with Crippen LogP contribution in [0.2, 0.25) is 0 Å². The molecule has 0 unspecified atom stereocenters. The van der Waals surface area contributed by atoms with E-state index in [2.05, 4.69) is 4.98 Å². The molecule has 0 aromatic carbocycles. The number of hydrogen-bond donors (Lipinski definition) is 4. The van der Waals surface area contributed by atoms with Crippen molar-refractivity contribution >= 4 is 17.6 Å². The van der Waals surface area contributed by atoms with Crippen LogP contribution in [0.25, 0.3) is 0 Å². The van der Waals surface area contributed by atoms with Gasteiger partial charge in [0.05, 0.1) is 12.7 Å². The van der Waals surface area contributed by atoms with Crippen LogP contribution in [0, 0.1) is 0 Å². The fraction of sp³-hybridized carbons (Fsp3) is 0.667. The molecule has 6 N–H and O–H groups in total. The lowest BCUT2D eigenvalue weighted by Gasteiger charge is -2.16. The summed E-state index contributed by atoms with van der Waals surface area (Å²) in [5, 5.41) is 18.8. The molecule has 9 heteroatoms. The molecule has 2 rings (SSSR count). The third-order valence-corrected chi connectivity index (χ3v) is 4.31. The fourth-order valence-corrected chi connectivity index (χ4v) is 2.91. The Kier molecular flexibility index (Phi) is 5.59. The Hall–Kier alpha value is -1.13. The summed E-state index contributed by atoms with van der Waals surface area (Å²) in [6, 6.07) is 0. The monoisotopic (exact) mass is 316 g/mol. The van der Waals surface area contributed by atoms with E-state index in [0.29, 0.717) is 12.3 Å². The number of nitrogen functional groups attached to an aromatic ring is 1. The zero-order valence-corrected chi connectivity index (χ0v) is 12.3. The second kappa shape index (κ2) is 7.23. The minimum atomic E-state index is -0.806. The minimum absolute atomic E-state index is 0.193. The lowest BCUT2D eigenvalue weighted by Crippen LogP contribution is -2.29. The summed E-state index contributed by atoms with van der Waals surface area (Å²) in [5.41, 5.74) is 11.4. The van der Waals surface area contributed by atoms with Gasteiger partial charge in [0.25, 0.3) is 0 Å². The van der Waals surface area contributed by atoms with E-state index in [1.165, 1.54) is 4.57 Å². The standard InChI is InChI=1S/C12H20N4O4S/c13-1-2-21-6-7-4-16(12(19)15-11(7)14)10-3-8(18)9(5-17)20-10/h4,8-10,17-18H,1-3,5-6,13H2,(H2,14,15,19)/t8-,9-,10-/m1/s1. The first-order chi connectivity index (χ1) is 10.1. The van der Waals surface area contributed by atoms with E-state index in [1.54, 1.807) is 18.0 Å². The molecule has 3 atom stereocenters. The topological polar surface area (TPSA) is 137 Å². The zero-order valence-electron chi connectivity index (χ0n) is 11.5. The van der Waals surface area contributed by atoms with Crippen LogP contribution in [-0.2, 0) is 10.5 Å². The second-order valence-corrected chi connectivity index (χ2v) is 5.90. The van der Waals surface area contributed by atoms with Crippen LogP contribution in [0.3, 0.4) is 0 Å². The normalized spacial score (nSPS) is 25.4. The van der Waals surface area contributed by atoms with Crippen molar-refractivity contribution in [3.63, 3.8) is 0 Å². The van der Waals surface area contributed by atoms with Crippen molar-refractivity contribution in [1.82, 2.24) is 9.55 Å². The van der Waals surface area contributed by atoms with E-state index in [-0.39, 0.29) is 18.8 Å². The fourth-order valence-electron chi connectivity index (χ4n) is 2.16. The van der Waals surface area contributed by atoms with Gasteiger partial charge in [-0.3, -0.25) is 4.57 Å². The summed E-state index contributed by atoms with van der Waals surface area (Å²) >= 11 is 1.59. The van der Waals surface area contributed by atoms with Crippen molar-refractivity contribution in [3.05, 3.63) is 22.2 Å². The van der Waals surface area contributed by atoms with Crippen LogP contribution in [-0.4, -0.2) is 50.9 Å². The molecular formula is C12H20N4O4S. The largest absolute Gasteiger partial charge is 0.394 e. The SMILES string of the molecule is NCCSCc1cn([C@H]2C[C@@H](O)[C@@H](CO)O2)c(=O)nc1N. The molecule has 1 saturated heterocycles. The average molecular weight is 316 g/mol. The Morgan fingerprint density at radius 2 is 2.33 bits per heavy atom. The third kappa shape index (κ3) is 3.74. The lowest BCUT2D eigenvalue weighted by atomic mass is 10.2. The number of rotatable bonds is 6. The minimum Gasteiger partial charge on any atom is -0.394 e. The van der Waals surface area contributed by atoms with Gasteiger partial charge < -0.3 is 26.4 Å². The molecule has 0 saturated carbocycles. The van der Waals surface area contributed by atoms with Gasteiger partial charge in [-0.25, -0.2) is 4.79 Å². The maximum absolute atomic E-state index is 11.9. The first-order valence-corrected chi connectivity index (χ1v) is 7.82. The van der Waals surface area contributed by atoms with E-state index in [0.717, 1.165) is 11.3 Å². The van der Waals surface area contributed by atoms with Gasteiger partial charge in [-0.05, 0) is 0 Å². The Bertz CT molecular complexity index is 538. The Labute approximate surface area is 126 Å². The van der Waals surface area contributed by atoms with Gasteiger partial charge >= 0.3 is 5.69 Å². The summed E-state index contributed by atoms with van der Waals surface area (Å²) in [5.74, 6) is 1.57. The van der Waals surface area contributed by atoms with Crippen molar-refractivity contribution in [2.45, 2.75) is 30.6 Å². The molecule has 21 heavy (non-hydrogen) atoms. The number of thioether (sulfide) groups is 1. The van der Waals surface area contributed by atoms with Crippen LogP contribution >= 0.6 is 11.8 Å². The molecule has 0 amide bonds. The van der Waals surface area contributed by atoms with E-state index >= 15 is 0 Å². The average Bonchev–Trinajstić information content (AvgIpc) is 2.82. The zero-order chi connectivity index (χ0) is 15.4. The van der Waals surface area contributed by atoms with E-state index in [1.807, 2.05) is 0 Å². The van der Waals surface area contributed by atoms with Gasteiger partial charge in [0.2, 0.25) is 0 Å². The summed E-state index contributed by atoms with van der Waals surface area (Å²) in [6.07, 6.45) is -0.303. The van der Waals surface area contributed by atoms with Crippen molar-refractivity contribution < 1.29 is 14.9 Å². The highest BCUT2D eigenvalue weighted by Gasteiger charge is 2.35. The van der Waals surface area contributed by atoms with E-state index < -0.39 is 24.1 Å². The molecule has 0 spiro atoms. The van der Waals surface area contributed by atoms with Crippen molar-refractivity contribution in [1.29, 1.82) is 0 Å². The quantitative estimate of drug-likeness (QED) is 0.473. The van der Waals surface area contributed by atoms with Crippen molar-refractivity contribution in [2.24, 2.45) is 5.73 Å². The number of aliphatic hydroxyl groups is 2. The number of nitrogens with two attached hydrogens (primary N) is 2. The first-order valence-electron chi connectivity index (χ1n) is 6.66. The molecule has 8 nitrogen and oxygen atoms in total. The molecule has 1 aliphatic heterocycles. The van der Waals surface area contributed by atoms with Gasteiger partial charge in [-0.2, -0.15) is 16.7 Å². The van der Waals surface area contributed by atoms with Gasteiger partial charge in [0, 0.05) is 36.2 Å². The number of ether oxygens (including phenoxy) is 1. The second-order valence-electron chi connectivity index (χ2n) is 4.80. The van der Waals surface area contributed by atoms with Gasteiger partial charge in [0.15, 0.2) is 0 Å². The summed E-state index contributed by atoms with van der Waals surface area (Å²) < 4.78 is 6.78. The molecule has 1 aromatic heterocycles. The maximum atomic E-state index is 11.9. The van der Waals surface area contributed by atoms with E-state index in [4.69, 9.17) is 21.3 Å². The molecule has 1 aliphatic rings. The van der Waals surface area contributed by atoms with Crippen LogP contribution in [0.1, 0.15) is 18.2 Å². The van der Waals surface area contributed by atoms with Gasteiger partial charge in [0.1, 0.15) is 18.1 Å². The van der Waals surface area contributed by atoms with Crippen LogP contribution in [0.15, 0.2) is 11.0 Å². The van der Waals surface area contributed by atoms with Crippen LogP contribution < -0.4 is 17.2 Å². The van der Waals surface area contributed by atoms with Crippen LogP contribution in [0.4, 0.5) is 5.82 Å². The molecule has 118 valence electrons.